The van der Waals surface area contributed by atoms with Gasteiger partial charge in [-0.2, -0.15) is 5.10 Å². The minimum Gasteiger partial charge on any atom is -0.467 e. The molecular weight excluding hydrogens is 352 g/mol. The molecule has 1 aromatic carbocycles. The van der Waals surface area contributed by atoms with E-state index in [2.05, 4.69) is 10.4 Å². The van der Waals surface area contributed by atoms with Crippen molar-refractivity contribution in [2.24, 2.45) is 0 Å². The van der Waals surface area contributed by atoms with Crippen molar-refractivity contribution in [1.29, 1.82) is 0 Å². The van der Waals surface area contributed by atoms with Gasteiger partial charge >= 0.3 is 0 Å². The van der Waals surface area contributed by atoms with Crippen LogP contribution in [0.2, 0.25) is 0 Å². The number of carbonyl (C=O) groups is 1. The second-order valence-electron chi connectivity index (χ2n) is 5.69. The third-order valence-electron chi connectivity index (χ3n) is 3.75. The summed E-state index contributed by atoms with van der Waals surface area (Å²) in [6.45, 7) is 1.38. The number of hydrogen-bond donors (Lipinski definition) is 1. The summed E-state index contributed by atoms with van der Waals surface area (Å²) >= 11 is 0. The molecule has 2 aromatic heterocycles. The molecule has 3 rings (SSSR count). The molecule has 3 aromatic rings. The fraction of sp³-hybridized carbons (Fsp3) is 0.222. The van der Waals surface area contributed by atoms with Gasteiger partial charge < -0.3 is 14.5 Å². The molecular formula is C18H18N4O5. The van der Waals surface area contributed by atoms with Gasteiger partial charge in [-0.3, -0.25) is 14.9 Å². The molecule has 0 aliphatic carbocycles. The van der Waals surface area contributed by atoms with E-state index in [-0.39, 0.29) is 11.6 Å². The summed E-state index contributed by atoms with van der Waals surface area (Å²) in [5.74, 6) is 0.520. The molecule has 9 heteroatoms. The molecule has 0 spiro atoms. The predicted octanol–water partition coefficient (Wildman–Crippen LogP) is 2.71. The quantitative estimate of drug-likeness (QED) is 0.352. The summed E-state index contributed by atoms with van der Waals surface area (Å²) in [6, 6.07) is 9.56. The van der Waals surface area contributed by atoms with Crippen molar-refractivity contribution >= 4 is 11.6 Å². The lowest BCUT2D eigenvalue weighted by atomic mass is 10.3. The number of nitrogens with one attached hydrogen (secondary N) is 1. The number of furan rings is 1. The number of aromatic nitrogens is 2. The maximum absolute atomic E-state index is 12.1. The van der Waals surface area contributed by atoms with Crippen LogP contribution in [0.3, 0.4) is 0 Å². The minimum absolute atomic E-state index is 0.00172. The number of rotatable bonds is 9. The van der Waals surface area contributed by atoms with E-state index in [4.69, 9.17) is 9.15 Å². The van der Waals surface area contributed by atoms with Crippen LogP contribution in [0.15, 0.2) is 59.5 Å². The zero-order valence-electron chi connectivity index (χ0n) is 14.4. The molecule has 0 saturated carbocycles. The first kappa shape index (κ1) is 18.3. The number of nitro groups is 1. The number of hydrogen-bond acceptors (Lipinski definition) is 6. The van der Waals surface area contributed by atoms with E-state index in [1.165, 1.54) is 23.0 Å². The number of amides is 1. The van der Waals surface area contributed by atoms with Crippen LogP contribution < -0.4 is 5.32 Å². The molecule has 0 bridgehead atoms. The molecule has 0 atom stereocenters. The van der Waals surface area contributed by atoms with E-state index in [9.17, 15) is 14.9 Å². The van der Waals surface area contributed by atoms with E-state index in [1.54, 1.807) is 30.7 Å². The average molecular weight is 370 g/mol. The standard InChI is InChI=1S/C18H18N4O5/c23-18(19-8-2-9-26-13-17-3-1-10-27-17)14-11-20-21(12-14)15-4-6-16(7-5-15)22(24)25/h1,3-7,10-12H,2,8-9,13H2,(H,19,23). The van der Waals surface area contributed by atoms with Crippen LogP contribution in [0.5, 0.6) is 0 Å². The number of nitrogens with zero attached hydrogens (tertiary/aromatic N) is 3. The fourth-order valence-corrected chi connectivity index (χ4v) is 2.35. The van der Waals surface area contributed by atoms with Gasteiger partial charge in [0.1, 0.15) is 12.4 Å². The van der Waals surface area contributed by atoms with Gasteiger partial charge in [-0.05, 0) is 30.7 Å². The van der Waals surface area contributed by atoms with Crippen LogP contribution in [-0.4, -0.2) is 33.8 Å². The summed E-state index contributed by atoms with van der Waals surface area (Å²) in [4.78, 5) is 22.4. The second-order valence-corrected chi connectivity index (χ2v) is 5.69. The Morgan fingerprint density at radius 2 is 2.11 bits per heavy atom. The van der Waals surface area contributed by atoms with Gasteiger partial charge in [0.05, 0.1) is 28.6 Å². The van der Waals surface area contributed by atoms with Crippen molar-refractivity contribution in [3.05, 3.63) is 76.5 Å². The number of carbonyl (C=O) groups excluding carboxylic acids is 1. The van der Waals surface area contributed by atoms with Crippen molar-refractivity contribution in [1.82, 2.24) is 15.1 Å². The van der Waals surface area contributed by atoms with E-state index < -0.39 is 4.92 Å². The Labute approximate surface area is 154 Å². The zero-order chi connectivity index (χ0) is 19.1. The molecule has 0 unspecified atom stereocenters. The van der Waals surface area contributed by atoms with Crippen LogP contribution in [0.4, 0.5) is 5.69 Å². The van der Waals surface area contributed by atoms with Crippen molar-refractivity contribution in [2.45, 2.75) is 13.0 Å². The SMILES string of the molecule is O=C(NCCCOCc1ccco1)c1cnn(-c2ccc([N+](=O)[O-])cc2)c1. The fourth-order valence-electron chi connectivity index (χ4n) is 2.35. The zero-order valence-corrected chi connectivity index (χ0v) is 14.4. The molecule has 1 N–H and O–H groups in total. The third kappa shape index (κ3) is 5.02. The Balaban J connectivity index is 1.43. The number of non-ortho nitro benzene ring substituents is 1. The highest BCUT2D eigenvalue weighted by atomic mass is 16.6. The van der Waals surface area contributed by atoms with E-state index in [0.717, 1.165) is 5.76 Å². The first-order valence-electron chi connectivity index (χ1n) is 8.31. The lowest BCUT2D eigenvalue weighted by molar-refractivity contribution is -0.384. The molecule has 1 amide bonds. The van der Waals surface area contributed by atoms with Gasteiger partial charge in [0.15, 0.2) is 0 Å². The van der Waals surface area contributed by atoms with Crippen molar-refractivity contribution < 1.29 is 18.9 Å². The van der Waals surface area contributed by atoms with Crippen molar-refractivity contribution in [2.75, 3.05) is 13.2 Å². The maximum atomic E-state index is 12.1. The van der Waals surface area contributed by atoms with E-state index in [0.29, 0.717) is 37.4 Å². The monoisotopic (exact) mass is 370 g/mol. The normalized spacial score (nSPS) is 10.7. The van der Waals surface area contributed by atoms with Crippen LogP contribution in [0.25, 0.3) is 5.69 Å². The summed E-state index contributed by atoms with van der Waals surface area (Å²) in [7, 11) is 0. The Morgan fingerprint density at radius 3 is 2.81 bits per heavy atom. The van der Waals surface area contributed by atoms with E-state index in [1.807, 2.05) is 6.07 Å². The highest BCUT2D eigenvalue weighted by molar-refractivity contribution is 5.93. The largest absolute Gasteiger partial charge is 0.467 e. The van der Waals surface area contributed by atoms with Gasteiger partial charge in [0, 0.05) is 31.5 Å². The predicted molar refractivity (Wildman–Crippen MR) is 95.5 cm³/mol. The molecule has 27 heavy (non-hydrogen) atoms. The molecule has 140 valence electrons. The van der Waals surface area contributed by atoms with Gasteiger partial charge in [-0.15, -0.1) is 0 Å². The topological polar surface area (TPSA) is 112 Å². The summed E-state index contributed by atoms with van der Waals surface area (Å²) in [6.07, 6.45) is 5.28. The first-order valence-corrected chi connectivity index (χ1v) is 8.31. The van der Waals surface area contributed by atoms with Crippen LogP contribution in [0.1, 0.15) is 22.5 Å². The number of ether oxygens (including phenoxy) is 1. The maximum Gasteiger partial charge on any atom is 0.269 e. The molecule has 0 fully saturated rings. The molecule has 0 aliphatic rings. The van der Waals surface area contributed by atoms with Crippen LogP contribution in [0, 0.1) is 10.1 Å². The van der Waals surface area contributed by atoms with Gasteiger partial charge in [-0.25, -0.2) is 4.68 Å². The molecule has 0 aliphatic heterocycles. The van der Waals surface area contributed by atoms with Crippen LogP contribution >= 0.6 is 0 Å². The number of nitro benzene ring substituents is 1. The Kier molecular flexibility index (Phi) is 5.95. The van der Waals surface area contributed by atoms with E-state index >= 15 is 0 Å². The Hall–Kier alpha value is -3.46. The third-order valence-corrected chi connectivity index (χ3v) is 3.75. The Bertz CT molecular complexity index is 887. The lowest BCUT2D eigenvalue weighted by Gasteiger charge is -2.04. The Morgan fingerprint density at radius 1 is 1.30 bits per heavy atom. The summed E-state index contributed by atoms with van der Waals surface area (Å²) in [5.41, 5.74) is 1.04. The molecule has 0 saturated heterocycles. The van der Waals surface area contributed by atoms with Gasteiger partial charge in [0.25, 0.3) is 11.6 Å². The number of benzene rings is 1. The molecule has 2 heterocycles. The smallest absolute Gasteiger partial charge is 0.269 e. The lowest BCUT2D eigenvalue weighted by Crippen LogP contribution is -2.24. The average Bonchev–Trinajstić information content (AvgIpc) is 3.36. The molecule has 9 nitrogen and oxygen atoms in total. The van der Waals surface area contributed by atoms with Crippen molar-refractivity contribution in [3.63, 3.8) is 0 Å². The highest BCUT2D eigenvalue weighted by Crippen LogP contribution is 2.15. The van der Waals surface area contributed by atoms with Gasteiger partial charge in [0.2, 0.25) is 0 Å². The van der Waals surface area contributed by atoms with Crippen molar-refractivity contribution in [3.8, 4) is 5.69 Å². The summed E-state index contributed by atoms with van der Waals surface area (Å²) in [5, 5.41) is 17.6. The second kappa shape index (κ2) is 8.77. The minimum atomic E-state index is -0.468. The highest BCUT2D eigenvalue weighted by Gasteiger charge is 2.10. The molecule has 0 radical (unpaired) electrons. The summed E-state index contributed by atoms with van der Waals surface area (Å²) < 4.78 is 12.1. The van der Waals surface area contributed by atoms with Gasteiger partial charge in [-0.1, -0.05) is 0 Å². The van der Waals surface area contributed by atoms with Crippen LogP contribution in [-0.2, 0) is 11.3 Å². The first-order chi connectivity index (χ1) is 13.1.